The molecule has 1 aliphatic rings. The molecule has 1 aliphatic carbocycles. The van der Waals surface area contributed by atoms with Crippen LogP contribution in [0.4, 0.5) is 0 Å². The SMILES string of the molecule is C=C(Cc1nc(C2(c3ccc(C)cc3)CC2)no1)C(=O)OCC(=O)O. The minimum atomic E-state index is -1.23. The van der Waals surface area contributed by atoms with E-state index in [1.165, 1.54) is 5.56 Å². The van der Waals surface area contributed by atoms with E-state index >= 15 is 0 Å². The summed E-state index contributed by atoms with van der Waals surface area (Å²) >= 11 is 0. The number of ether oxygens (including phenoxy) is 1. The van der Waals surface area contributed by atoms with E-state index in [0.29, 0.717) is 5.82 Å². The molecule has 3 rings (SSSR count). The Morgan fingerprint density at radius 3 is 2.60 bits per heavy atom. The van der Waals surface area contributed by atoms with Gasteiger partial charge < -0.3 is 14.4 Å². The van der Waals surface area contributed by atoms with Crippen molar-refractivity contribution < 1.29 is 24.0 Å². The fourth-order valence-electron chi connectivity index (χ4n) is 2.64. The fraction of sp³-hybridized carbons (Fsp3) is 0.333. The van der Waals surface area contributed by atoms with Gasteiger partial charge in [0.15, 0.2) is 12.4 Å². The number of esters is 1. The predicted molar refractivity (Wildman–Crippen MR) is 86.9 cm³/mol. The Bertz CT molecular complexity index is 818. The molecular formula is C18H18N2O5. The van der Waals surface area contributed by atoms with Gasteiger partial charge in [0.2, 0.25) is 5.89 Å². The number of aryl methyl sites for hydroxylation is 1. The summed E-state index contributed by atoms with van der Waals surface area (Å²) < 4.78 is 9.81. The van der Waals surface area contributed by atoms with Gasteiger partial charge in [-0.05, 0) is 25.3 Å². The monoisotopic (exact) mass is 342 g/mol. The molecule has 25 heavy (non-hydrogen) atoms. The van der Waals surface area contributed by atoms with Crippen LogP contribution in [0, 0.1) is 6.92 Å². The lowest BCUT2D eigenvalue weighted by Gasteiger charge is -2.10. The standard InChI is InChI=1S/C18H18N2O5/c1-11-3-5-13(6-4-11)18(7-8-18)17-19-14(25-20-17)9-12(2)16(23)24-10-15(21)22/h3-6H,2,7-10H2,1H3,(H,21,22). The summed E-state index contributed by atoms with van der Waals surface area (Å²) in [6.45, 7) is 4.92. The summed E-state index contributed by atoms with van der Waals surface area (Å²) in [6.07, 6.45) is 1.91. The van der Waals surface area contributed by atoms with Gasteiger partial charge in [0.05, 0.1) is 11.8 Å². The highest BCUT2D eigenvalue weighted by atomic mass is 16.5. The minimum absolute atomic E-state index is 0.0232. The topological polar surface area (TPSA) is 103 Å². The molecule has 0 amide bonds. The Balaban J connectivity index is 1.68. The van der Waals surface area contributed by atoms with Gasteiger partial charge >= 0.3 is 11.9 Å². The Kier molecular flexibility index (Phi) is 4.39. The first-order valence-electron chi connectivity index (χ1n) is 7.87. The van der Waals surface area contributed by atoms with E-state index in [1.807, 2.05) is 6.92 Å². The second-order valence-corrected chi connectivity index (χ2v) is 6.21. The van der Waals surface area contributed by atoms with Crippen LogP contribution in [0.25, 0.3) is 0 Å². The largest absolute Gasteiger partial charge is 0.479 e. The van der Waals surface area contributed by atoms with E-state index in [4.69, 9.17) is 9.63 Å². The molecule has 1 heterocycles. The van der Waals surface area contributed by atoms with Crippen molar-refractivity contribution in [2.45, 2.75) is 31.6 Å². The van der Waals surface area contributed by atoms with Crippen molar-refractivity contribution in [3.05, 3.63) is 59.3 Å². The van der Waals surface area contributed by atoms with Gasteiger partial charge in [-0.1, -0.05) is 41.6 Å². The summed E-state index contributed by atoms with van der Waals surface area (Å²) in [5.74, 6) is -1.17. The maximum Gasteiger partial charge on any atom is 0.341 e. The first-order chi connectivity index (χ1) is 11.9. The number of carboxylic acids is 1. The van der Waals surface area contributed by atoms with E-state index in [9.17, 15) is 9.59 Å². The molecule has 0 bridgehead atoms. The van der Waals surface area contributed by atoms with Crippen molar-refractivity contribution in [3.63, 3.8) is 0 Å². The van der Waals surface area contributed by atoms with E-state index < -0.39 is 18.5 Å². The quantitative estimate of drug-likeness (QED) is 0.607. The van der Waals surface area contributed by atoms with Crippen molar-refractivity contribution in [1.29, 1.82) is 0 Å². The van der Waals surface area contributed by atoms with E-state index in [0.717, 1.165) is 18.4 Å². The van der Waals surface area contributed by atoms with Crippen LogP contribution in [0.15, 0.2) is 40.9 Å². The van der Waals surface area contributed by atoms with Crippen molar-refractivity contribution in [2.75, 3.05) is 6.61 Å². The van der Waals surface area contributed by atoms with Gasteiger partial charge in [-0.2, -0.15) is 4.98 Å². The fourth-order valence-corrected chi connectivity index (χ4v) is 2.64. The number of carboxylic acid groups (broad SMARTS) is 1. The number of aromatic nitrogens is 2. The highest BCUT2D eigenvalue weighted by Gasteiger charge is 2.49. The molecule has 1 aromatic heterocycles. The van der Waals surface area contributed by atoms with E-state index in [2.05, 4.69) is 45.7 Å². The zero-order valence-electron chi connectivity index (χ0n) is 13.8. The number of hydrogen-bond acceptors (Lipinski definition) is 6. The number of nitrogens with zero attached hydrogens (tertiary/aromatic N) is 2. The average molecular weight is 342 g/mol. The predicted octanol–water partition coefficient (Wildman–Crippen LogP) is 2.18. The summed E-state index contributed by atoms with van der Waals surface area (Å²) in [6, 6.07) is 8.24. The second kappa shape index (κ2) is 6.51. The highest BCUT2D eigenvalue weighted by molar-refractivity contribution is 5.89. The summed E-state index contributed by atoms with van der Waals surface area (Å²) in [7, 11) is 0. The number of rotatable bonds is 7. The van der Waals surface area contributed by atoms with Gasteiger partial charge in [-0.25, -0.2) is 9.59 Å². The van der Waals surface area contributed by atoms with E-state index in [1.54, 1.807) is 0 Å². The van der Waals surface area contributed by atoms with Crippen LogP contribution in [-0.2, 0) is 26.2 Å². The summed E-state index contributed by atoms with van der Waals surface area (Å²) in [5.41, 5.74) is 2.17. The second-order valence-electron chi connectivity index (χ2n) is 6.21. The summed E-state index contributed by atoms with van der Waals surface area (Å²) in [5, 5.41) is 12.6. The molecular weight excluding hydrogens is 324 g/mol. The molecule has 0 radical (unpaired) electrons. The third-order valence-corrected chi connectivity index (χ3v) is 4.23. The number of carbonyl (C=O) groups is 2. The molecule has 0 spiro atoms. The van der Waals surface area contributed by atoms with Gasteiger partial charge in [-0.15, -0.1) is 0 Å². The van der Waals surface area contributed by atoms with Crippen LogP contribution >= 0.6 is 0 Å². The Morgan fingerprint density at radius 1 is 1.32 bits per heavy atom. The Hall–Kier alpha value is -2.96. The van der Waals surface area contributed by atoms with Gasteiger partial charge in [0.1, 0.15) is 0 Å². The van der Waals surface area contributed by atoms with Crippen molar-refractivity contribution in [2.24, 2.45) is 0 Å². The number of carbonyl (C=O) groups excluding carboxylic acids is 1. The molecule has 0 saturated heterocycles. The lowest BCUT2D eigenvalue weighted by atomic mass is 9.94. The normalized spacial score (nSPS) is 14.8. The maximum absolute atomic E-state index is 11.6. The molecule has 1 aromatic carbocycles. The Morgan fingerprint density at radius 2 is 2.00 bits per heavy atom. The van der Waals surface area contributed by atoms with Crippen molar-refractivity contribution in [3.8, 4) is 0 Å². The molecule has 0 atom stereocenters. The van der Waals surface area contributed by atoms with E-state index in [-0.39, 0.29) is 23.3 Å². The molecule has 0 aliphatic heterocycles. The van der Waals surface area contributed by atoms with Crippen LogP contribution in [-0.4, -0.2) is 33.8 Å². The van der Waals surface area contributed by atoms with Gasteiger partial charge in [0.25, 0.3) is 0 Å². The van der Waals surface area contributed by atoms with Crippen LogP contribution in [0.2, 0.25) is 0 Å². The molecule has 2 aromatic rings. The Labute approximate surface area is 144 Å². The highest BCUT2D eigenvalue weighted by Crippen LogP contribution is 2.52. The van der Waals surface area contributed by atoms with Crippen LogP contribution < -0.4 is 0 Å². The van der Waals surface area contributed by atoms with Crippen molar-refractivity contribution >= 4 is 11.9 Å². The third-order valence-electron chi connectivity index (χ3n) is 4.23. The smallest absolute Gasteiger partial charge is 0.341 e. The number of benzene rings is 1. The van der Waals surface area contributed by atoms with Crippen LogP contribution in [0.1, 0.15) is 35.7 Å². The molecule has 0 unspecified atom stereocenters. The molecule has 1 fully saturated rings. The first-order valence-corrected chi connectivity index (χ1v) is 7.87. The molecule has 1 N–H and O–H groups in total. The number of hydrogen-bond donors (Lipinski definition) is 1. The van der Waals surface area contributed by atoms with Gasteiger partial charge in [0, 0.05) is 5.57 Å². The zero-order valence-corrected chi connectivity index (χ0v) is 13.8. The maximum atomic E-state index is 11.6. The lowest BCUT2D eigenvalue weighted by Crippen LogP contribution is -2.15. The first kappa shape index (κ1) is 16.9. The van der Waals surface area contributed by atoms with Gasteiger partial charge in [-0.3, -0.25) is 0 Å². The molecule has 130 valence electrons. The molecule has 7 nitrogen and oxygen atoms in total. The summed E-state index contributed by atoms with van der Waals surface area (Å²) in [4.78, 5) is 26.5. The number of aliphatic carboxylic acids is 1. The molecule has 1 saturated carbocycles. The zero-order chi connectivity index (χ0) is 18.0. The molecule has 7 heteroatoms. The average Bonchev–Trinajstić information content (AvgIpc) is 3.26. The van der Waals surface area contributed by atoms with Crippen molar-refractivity contribution in [1.82, 2.24) is 10.1 Å². The lowest BCUT2D eigenvalue weighted by molar-refractivity contribution is -0.152. The van der Waals surface area contributed by atoms with Crippen LogP contribution in [0.3, 0.4) is 0 Å². The van der Waals surface area contributed by atoms with Crippen LogP contribution in [0.5, 0.6) is 0 Å². The third kappa shape index (κ3) is 3.60. The minimum Gasteiger partial charge on any atom is -0.479 e.